The van der Waals surface area contributed by atoms with Gasteiger partial charge in [0.05, 0.1) is 5.56 Å². The van der Waals surface area contributed by atoms with Gasteiger partial charge in [-0.2, -0.15) is 24.9 Å². The topological polar surface area (TPSA) is 0 Å². The van der Waals surface area contributed by atoms with Crippen molar-refractivity contribution in [3.8, 4) is 0 Å². The number of hydrogen-bond donors (Lipinski definition) is 0. The van der Waals surface area contributed by atoms with E-state index in [1.54, 1.807) is 11.8 Å². The van der Waals surface area contributed by atoms with Gasteiger partial charge in [0.1, 0.15) is 0 Å². The molecule has 0 aliphatic heterocycles. The first-order valence-corrected chi connectivity index (χ1v) is 6.62. The lowest BCUT2D eigenvalue weighted by atomic mass is 10.1. The predicted octanol–water partition coefficient (Wildman–Crippen LogP) is 5.11. The average Bonchev–Trinajstić information content (AvgIpc) is 2.14. The Balaban J connectivity index is 2.84. The molecule has 0 amide bonds. The standard InChI is InChI=1S/C11H12BrF3S/c1-7(2)16-6-8-3-4-9(5-10(8)12)11(13,14)15/h3-5,7H,6H2,1-2H3. The van der Waals surface area contributed by atoms with E-state index in [1.165, 1.54) is 6.07 Å². The fourth-order valence-corrected chi connectivity index (χ4v) is 2.57. The molecular weight excluding hydrogens is 301 g/mol. The minimum Gasteiger partial charge on any atom is -0.166 e. The van der Waals surface area contributed by atoms with Gasteiger partial charge < -0.3 is 0 Å². The van der Waals surface area contributed by atoms with Crippen molar-refractivity contribution in [3.05, 3.63) is 33.8 Å². The number of thioether (sulfide) groups is 1. The molecule has 0 aliphatic rings. The Labute approximate surface area is 106 Å². The number of hydrogen-bond acceptors (Lipinski definition) is 1. The molecular formula is C11H12BrF3S. The first kappa shape index (κ1) is 13.9. The average molecular weight is 313 g/mol. The van der Waals surface area contributed by atoms with E-state index >= 15 is 0 Å². The third kappa shape index (κ3) is 4.01. The molecule has 16 heavy (non-hydrogen) atoms. The van der Waals surface area contributed by atoms with Crippen molar-refractivity contribution in [1.29, 1.82) is 0 Å². The highest BCUT2D eigenvalue weighted by Crippen LogP contribution is 2.33. The SMILES string of the molecule is CC(C)SCc1ccc(C(F)(F)F)cc1Br. The third-order valence-corrected chi connectivity index (χ3v) is 3.84. The molecule has 1 aromatic rings. The number of rotatable bonds is 3. The van der Waals surface area contributed by atoms with Gasteiger partial charge in [-0.3, -0.25) is 0 Å². The molecule has 0 heterocycles. The Morgan fingerprint density at radius 2 is 1.94 bits per heavy atom. The molecule has 0 radical (unpaired) electrons. The second-order valence-electron chi connectivity index (χ2n) is 3.66. The second-order valence-corrected chi connectivity index (χ2v) is 6.08. The van der Waals surface area contributed by atoms with Crippen molar-refractivity contribution < 1.29 is 13.2 Å². The van der Waals surface area contributed by atoms with E-state index in [-0.39, 0.29) is 0 Å². The van der Waals surface area contributed by atoms with Crippen LogP contribution in [0.15, 0.2) is 22.7 Å². The van der Waals surface area contributed by atoms with Crippen LogP contribution in [-0.4, -0.2) is 5.25 Å². The van der Waals surface area contributed by atoms with Gasteiger partial charge in [0, 0.05) is 10.2 Å². The number of halogens is 4. The second kappa shape index (κ2) is 5.45. The van der Waals surface area contributed by atoms with E-state index in [0.717, 1.165) is 23.4 Å². The van der Waals surface area contributed by atoms with Crippen LogP contribution in [0.4, 0.5) is 13.2 Å². The Hall–Kier alpha value is -0.160. The maximum Gasteiger partial charge on any atom is 0.416 e. The van der Waals surface area contributed by atoms with Crippen LogP contribution in [0.3, 0.4) is 0 Å². The summed E-state index contributed by atoms with van der Waals surface area (Å²) in [7, 11) is 0. The van der Waals surface area contributed by atoms with Crippen LogP contribution >= 0.6 is 27.7 Å². The van der Waals surface area contributed by atoms with Crippen LogP contribution in [0.25, 0.3) is 0 Å². The van der Waals surface area contributed by atoms with Crippen molar-refractivity contribution in [3.63, 3.8) is 0 Å². The first-order valence-electron chi connectivity index (χ1n) is 4.78. The lowest BCUT2D eigenvalue weighted by molar-refractivity contribution is -0.137. The van der Waals surface area contributed by atoms with E-state index in [0.29, 0.717) is 9.72 Å². The molecule has 0 saturated carbocycles. The fourth-order valence-electron chi connectivity index (χ4n) is 1.10. The van der Waals surface area contributed by atoms with Crippen molar-refractivity contribution in [1.82, 2.24) is 0 Å². The summed E-state index contributed by atoms with van der Waals surface area (Å²) < 4.78 is 37.7. The number of benzene rings is 1. The van der Waals surface area contributed by atoms with E-state index in [1.807, 2.05) is 0 Å². The van der Waals surface area contributed by atoms with E-state index < -0.39 is 11.7 Å². The Kier molecular flexibility index (Phi) is 4.73. The summed E-state index contributed by atoms with van der Waals surface area (Å²) in [5.41, 5.74) is 0.282. The van der Waals surface area contributed by atoms with Gasteiger partial charge in [-0.1, -0.05) is 35.8 Å². The zero-order valence-corrected chi connectivity index (χ0v) is 11.3. The summed E-state index contributed by atoms with van der Waals surface area (Å²) in [4.78, 5) is 0. The van der Waals surface area contributed by atoms with Gasteiger partial charge in [-0.05, 0) is 22.9 Å². The van der Waals surface area contributed by atoms with Crippen molar-refractivity contribution >= 4 is 27.7 Å². The molecule has 0 saturated heterocycles. The largest absolute Gasteiger partial charge is 0.416 e. The quantitative estimate of drug-likeness (QED) is 0.747. The molecule has 0 N–H and O–H groups in total. The van der Waals surface area contributed by atoms with Gasteiger partial charge in [0.15, 0.2) is 0 Å². The van der Waals surface area contributed by atoms with Crippen LogP contribution in [-0.2, 0) is 11.9 Å². The zero-order valence-electron chi connectivity index (χ0n) is 8.94. The summed E-state index contributed by atoms with van der Waals surface area (Å²) in [6.45, 7) is 4.12. The molecule has 0 unspecified atom stereocenters. The first-order chi connectivity index (χ1) is 7.30. The number of alkyl halides is 3. The third-order valence-electron chi connectivity index (χ3n) is 1.95. The van der Waals surface area contributed by atoms with Gasteiger partial charge in [0.25, 0.3) is 0 Å². The maximum absolute atomic E-state index is 12.4. The molecule has 0 atom stereocenters. The molecule has 0 fully saturated rings. The summed E-state index contributed by atoms with van der Waals surface area (Å²) in [6.07, 6.45) is -4.27. The van der Waals surface area contributed by atoms with Crippen molar-refractivity contribution in [2.45, 2.75) is 31.0 Å². The highest BCUT2D eigenvalue weighted by atomic mass is 79.9. The van der Waals surface area contributed by atoms with Crippen molar-refractivity contribution in [2.75, 3.05) is 0 Å². The normalized spacial score (nSPS) is 12.2. The monoisotopic (exact) mass is 312 g/mol. The summed E-state index contributed by atoms with van der Waals surface area (Å²) in [6, 6.07) is 3.79. The summed E-state index contributed by atoms with van der Waals surface area (Å²) >= 11 is 4.88. The maximum atomic E-state index is 12.4. The molecule has 1 aromatic carbocycles. The van der Waals surface area contributed by atoms with E-state index in [9.17, 15) is 13.2 Å². The van der Waals surface area contributed by atoms with Crippen LogP contribution in [0.1, 0.15) is 25.0 Å². The molecule has 5 heteroatoms. The van der Waals surface area contributed by atoms with E-state index in [2.05, 4.69) is 29.8 Å². The van der Waals surface area contributed by atoms with Crippen LogP contribution < -0.4 is 0 Å². The van der Waals surface area contributed by atoms with Crippen LogP contribution in [0, 0.1) is 0 Å². The fraction of sp³-hybridized carbons (Fsp3) is 0.455. The zero-order chi connectivity index (χ0) is 12.3. The minimum absolute atomic E-state index is 0.467. The Morgan fingerprint density at radius 3 is 2.38 bits per heavy atom. The minimum atomic E-state index is -4.27. The Bertz CT molecular complexity index is 361. The van der Waals surface area contributed by atoms with Gasteiger partial charge in [-0.25, -0.2) is 0 Å². The predicted molar refractivity (Wildman–Crippen MR) is 65.6 cm³/mol. The van der Waals surface area contributed by atoms with Gasteiger partial charge in [-0.15, -0.1) is 0 Å². The summed E-state index contributed by atoms with van der Waals surface area (Å²) in [5.74, 6) is 0.719. The lowest BCUT2D eigenvalue weighted by Crippen LogP contribution is -2.05. The smallest absolute Gasteiger partial charge is 0.166 e. The van der Waals surface area contributed by atoms with Crippen molar-refractivity contribution in [2.24, 2.45) is 0 Å². The van der Waals surface area contributed by atoms with Crippen LogP contribution in [0.5, 0.6) is 0 Å². The Morgan fingerprint density at radius 1 is 1.31 bits per heavy atom. The molecule has 1 rings (SSSR count). The molecule has 0 aliphatic carbocycles. The van der Waals surface area contributed by atoms with E-state index in [4.69, 9.17) is 0 Å². The molecule has 0 bridgehead atoms. The lowest BCUT2D eigenvalue weighted by Gasteiger charge is -2.11. The summed E-state index contributed by atoms with van der Waals surface area (Å²) in [5, 5.41) is 0.467. The highest BCUT2D eigenvalue weighted by molar-refractivity contribution is 9.10. The van der Waals surface area contributed by atoms with Gasteiger partial charge >= 0.3 is 6.18 Å². The van der Waals surface area contributed by atoms with Gasteiger partial charge in [0.2, 0.25) is 0 Å². The molecule has 0 nitrogen and oxygen atoms in total. The molecule has 90 valence electrons. The van der Waals surface area contributed by atoms with Crippen LogP contribution in [0.2, 0.25) is 0 Å². The molecule has 0 aromatic heterocycles. The highest BCUT2D eigenvalue weighted by Gasteiger charge is 2.30. The molecule has 0 spiro atoms.